The van der Waals surface area contributed by atoms with Gasteiger partial charge in [0.05, 0.1) is 18.8 Å². The van der Waals surface area contributed by atoms with Crippen molar-refractivity contribution < 1.29 is 18.7 Å². The fourth-order valence-electron chi connectivity index (χ4n) is 4.02. The van der Waals surface area contributed by atoms with Gasteiger partial charge in [0.25, 0.3) is 5.91 Å². The molecule has 0 radical (unpaired) electrons. The summed E-state index contributed by atoms with van der Waals surface area (Å²) >= 11 is 0. The van der Waals surface area contributed by atoms with Gasteiger partial charge in [-0.1, -0.05) is 12.1 Å². The highest BCUT2D eigenvalue weighted by Gasteiger charge is 2.45. The van der Waals surface area contributed by atoms with Crippen LogP contribution in [0.5, 0.6) is 5.75 Å². The molecule has 3 heterocycles. The Kier molecular flexibility index (Phi) is 4.89. The van der Waals surface area contributed by atoms with Crippen LogP contribution in [0, 0.1) is 12.7 Å². The number of likely N-dealkylation sites (tertiary alicyclic amines) is 1. The summed E-state index contributed by atoms with van der Waals surface area (Å²) in [6.07, 6.45) is 2.01. The van der Waals surface area contributed by atoms with Gasteiger partial charge in [-0.3, -0.25) is 4.79 Å². The fourth-order valence-corrected chi connectivity index (χ4v) is 4.02. The molecule has 28 heavy (non-hydrogen) atoms. The quantitative estimate of drug-likeness (QED) is 0.871. The van der Waals surface area contributed by atoms with Crippen LogP contribution in [0.3, 0.4) is 0 Å². The molecule has 1 amide bonds. The molecule has 2 aliphatic rings. The molecule has 0 aliphatic carbocycles. The van der Waals surface area contributed by atoms with Crippen molar-refractivity contribution in [3.63, 3.8) is 0 Å². The standard InChI is InChI=1S/C20H23FN4O3/c1-13-9-16(24-19(22)23-13)18(26)25-8-4-7-20(12-25)10-14(11-27-20)28-17-6-3-2-5-15(17)21/h2-3,5-6,9,14H,4,7-8,10-12H2,1H3,(H2,22,23,24)/t14-,20-/m1/s1. The Hall–Kier alpha value is -2.74. The van der Waals surface area contributed by atoms with E-state index in [1.165, 1.54) is 6.07 Å². The summed E-state index contributed by atoms with van der Waals surface area (Å²) in [5, 5.41) is 0. The number of ether oxygens (including phenoxy) is 2. The van der Waals surface area contributed by atoms with E-state index in [4.69, 9.17) is 15.2 Å². The molecule has 2 aromatic rings. The molecule has 8 heteroatoms. The minimum atomic E-state index is -0.475. The highest BCUT2D eigenvalue weighted by atomic mass is 19.1. The summed E-state index contributed by atoms with van der Waals surface area (Å²) in [6.45, 7) is 3.23. The first-order valence-corrected chi connectivity index (χ1v) is 9.40. The van der Waals surface area contributed by atoms with Crippen LogP contribution in [-0.2, 0) is 4.74 Å². The molecule has 0 saturated carbocycles. The number of hydrogen-bond donors (Lipinski definition) is 1. The van der Waals surface area contributed by atoms with E-state index in [1.54, 1.807) is 36.1 Å². The maximum absolute atomic E-state index is 13.9. The van der Waals surface area contributed by atoms with Crippen LogP contribution in [0.15, 0.2) is 30.3 Å². The first kappa shape index (κ1) is 18.6. The second-order valence-corrected chi connectivity index (χ2v) is 7.45. The van der Waals surface area contributed by atoms with Crippen LogP contribution in [0.4, 0.5) is 10.3 Å². The van der Waals surface area contributed by atoms with Crippen molar-refractivity contribution in [2.24, 2.45) is 0 Å². The highest BCUT2D eigenvalue weighted by Crippen LogP contribution is 2.37. The minimum Gasteiger partial charge on any atom is -0.485 e. The van der Waals surface area contributed by atoms with Crippen LogP contribution in [-0.4, -0.2) is 52.2 Å². The third kappa shape index (κ3) is 3.77. The van der Waals surface area contributed by atoms with Crippen LogP contribution in [0.25, 0.3) is 0 Å². The molecule has 1 aromatic heterocycles. The summed E-state index contributed by atoms with van der Waals surface area (Å²) in [5.74, 6) is -0.256. The molecule has 7 nitrogen and oxygen atoms in total. The predicted octanol–water partition coefficient (Wildman–Crippen LogP) is 2.35. The number of piperidine rings is 1. The first-order valence-electron chi connectivity index (χ1n) is 9.40. The maximum Gasteiger partial charge on any atom is 0.272 e. The third-order valence-corrected chi connectivity index (χ3v) is 5.22. The molecule has 2 saturated heterocycles. The number of benzene rings is 1. The second-order valence-electron chi connectivity index (χ2n) is 7.45. The van der Waals surface area contributed by atoms with Crippen molar-refractivity contribution in [3.8, 4) is 5.75 Å². The summed E-state index contributed by atoms with van der Waals surface area (Å²) < 4.78 is 25.7. The van der Waals surface area contributed by atoms with E-state index in [2.05, 4.69) is 9.97 Å². The number of carbonyl (C=O) groups excluding carboxylic acids is 1. The van der Waals surface area contributed by atoms with Gasteiger partial charge in [-0.15, -0.1) is 0 Å². The van der Waals surface area contributed by atoms with Gasteiger partial charge in [0, 0.05) is 18.7 Å². The fraction of sp³-hybridized carbons (Fsp3) is 0.450. The maximum atomic E-state index is 13.9. The average molecular weight is 386 g/mol. The molecule has 1 aromatic carbocycles. The Morgan fingerprint density at radius 3 is 3.00 bits per heavy atom. The van der Waals surface area contributed by atoms with Gasteiger partial charge >= 0.3 is 0 Å². The van der Waals surface area contributed by atoms with Crippen LogP contribution < -0.4 is 10.5 Å². The SMILES string of the molecule is Cc1cc(C(=O)N2CCC[C@@]3(C[C@@H](Oc4ccccc4F)CO3)C2)nc(N)n1. The number of hydrogen-bond acceptors (Lipinski definition) is 6. The van der Waals surface area contributed by atoms with Gasteiger partial charge in [-0.05, 0) is 38.0 Å². The topological polar surface area (TPSA) is 90.6 Å². The molecule has 2 N–H and O–H groups in total. The lowest BCUT2D eigenvalue weighted by molar-refractivity contribution is -0.0454. The number of para-hydroxylation sites is 1. The number of aryl methyl sites for hydroxylation is 1. The summed E-state index contributed by atoms with van der Waals surface area (Å²) in [7, 11) is 0. The molecular weight excluding hydrogens is 363 g/mol. The molecule has 1 spiro atoms. The normalized spacial score (nSPS) is 24.5. The van der Waals surface area contributed by atoms with Crippen molar-refractivity contribution in [2.75, 3.05) is 25.4 Å². The Balaban J connectivity index is 1.45. The van der Waals surface area contributed by atoms with E-state index >= 15 is 0 Å². The van der Waals surface area contributed by atoms with Crippen molar-refractivity contribution in [1.82, 2.24) is 14.9 Å². The number of aromatic nitrogens is 2. The Morgan fingerprint density at radius 1 is 1.39 bits per heavy atom. The van der Waals surface area contributed by atoms with E-state index in [-0.39, 0.29) is 29.5 Å². The number of carbonyl (C=O) groups is 1. The lowest BCUT2D eigenvalue weighted by Crippen LogP contribution is -2.50. The van der Waals surface area contributed by atoms with E-state index in [1.807, 2.05) is 0 Å². The number of nitrogen functional groups attached to an aromatic ring is 1. The molecule has 0 unspecified atom stereocenters. The number of nitrogens with two attached hydrogens (primary N) is 1. The summed E-state index contributed by atoms with van der Waals surface area (Å²) in [6, 6.07) is 7.98. The van der Waals surface area contributed by atoms with Gasteiger partial charge in [0.2, 0.25) is 5.95 Å². The molecule has 0 bridgehead atoms. The monoisotopic (exact) mass is 386 g/mol. The number of rotatable bonds is 3. The number of halogens is 1. The van der Waals surface area contributed by atoms with E-state index < -0.39 is 5.60 Å². The zero-order valence-corrected chi connectivity index (χ0v) is 15.7. The zero-order valence-electron chi connectivity index (χ0n) is 15.7. The Labute approximate surface area is 162 Å². The van der Waals surface area contributed by atoms with Gasteiger partial charge in [-0.25, -0.2) is 14.4 Å². The van der Waals surface area contributed by atoms with Gasteiger partial charge < -0.3 is 20.1 Å². The zero-order chi connectivity index (χ0) is 19.7. The van der Waals surface area contributed by atoms with Crippen molar-refractivity contribution in [1.29, 1.82) is 0 Å². The summed E-state index contributed by atoms with van der Waals surface area (Å²) in [5.41, 5.74) is 6.15. The van der Waals surface area contributed by atoms with E-state index in [0.717, 1.165) is 12.8 Å². The van der Waals surface area contributed by atoms with Crippen molar-refractivity contribution >= 4 is 11.9 Å². The second kappa shape index (κ2) is 7.35. The first-order chi connectivity index (χ1) is 13.4. The number of amides is 1. The van der Waals surface area contributed by atoms with Crippen LogP contribution >= 0.6 is 0 Å². The minimum absolute atomic E-state index is 0.0885. The largest absolute Gasteiger partial charge is 0.485 e. The molecule has 4 rings (SSSR count). The third-order valence-electron chi connectivity index (χ3n) is 5.22. The molecule has 2 aliphatic heterocycles. The average Bonchev–Trinajstić information content (AvgIpc) is 3.04. The van der Waals surface area contributed by atoms with Gasteiger partial charge in [0.1, 0.15) is 11.8 Å². The van der Waals surface area contributed by atoms with E-state index in [9.17, 15) is 9.18 Å². The number of anilines is 1. The predicted molar refractivity (Wildman–Crippen MR) is 100 cm³/mol. The van der Waals surface area contributed by atoms with Crippen LogP contribution in [0.2, 0.25) is 0 Å². The molecule has 2 fully saturated rings. The lowest BCUT2D eigenvalue weighted by atomic mass is 9.89. The Morgan fingerprint density at radius 2 is 2.21 bits per heavy atom. The van der Waals surface area contributed by atoms with Crippen LogP contribution in [0.1, 0.15) is 35.4 Å². The lowest BCUT2D eigenvalue weighted by Gasteiger charge is -2.39. The van der Waals surface area contributed by atoms with Crippen molar-refractivity contribution in [3.05, 3.63) is 47.5 Å². The smallest absolute Gasteiger partial charge is 0.272 e. The molecule has 2 atom stereocenters. The van der Waals surface area contributed by atoms with Crippen molar-refractivity contribution in [2.45, 2.75) is 37.9 Å². The summed E-state index contributed by atoms with van der Waals surface area (Å²) in [4.78, 5) is 22.7. The Bertz CT molecular complexity index is 873. The molecular formula is C20H23FN4O3. The molecule has 148 valence electrons. The van der Waals surface area contributed by atoms with E-state index in [0.29, 0.717) is 37.5 Å². The van der Waals surface area contributed by atoms with Gasteiger partial charge in [0.15, 0.2) is 11.6 Å². The highest BCUT2D eigenvalue weighted by molar-refractivity contribution is 5.92. The number of nitrogens with zero attached hydrogens (tertiary/aromatic N) is 3. The van der Waals surface area contributed by atoms with Gasteiger partial charge in [-0.2, -0.15) is 0 Å².